The fraction of sp³-hybridized carbons (Fsp3) is 0.545. The third kappa shape index (κ3) is 3.12. The molecule has 1 aromatic rings. The van der Waals surface area contributed by atoms with E-state index in [1.807, 2.05) is 12.1 Å². The van der Waals surface area contributed by atoms with Crippen molar-refractivity contribution in [3.63, 3.8) is 0 Å². The fourth-order valence-electron chi connectivity index (χ4n) is 1.63. The van der Waals surface area contributed by atoms with E-state index in [0.717, 1.165) is 12.6 Å². The van der Waals surface area contributed by atoms with Gasteiger partial charge in [0.25, 0.3) is 0 Å². The Labute approximate surface area is 98.1 Å². The molecule has 0 saturated carbocycles. The monoisotopic (exact) mass is 242 g/mol. The molecule has 0 amide bonds. The van der Waals surface area contributed by atoms with Crippen molar-refractivity contribution in [2.24, 2.45) is 0 Å². The molecule has 0 N–H and O–H groups in total. The Morgan fingerprint density at radius 2 is 1.75 bits per heavy atom. The third-order valence-electron chi connectivity index (χ3n) is 2.76. The summed E-state index contributed by atoms with van der Waals surface area (Å²) in [4.78, 5) is 0. The summed E-state index contributed by atoms with van der Waals surface area (Å²) in [5.41, 5.74) is 1.22. The number of pyridine rings is 1. The first-order valence-electron chi connectivity index (χ1n) is 5.28. The molecular formula is C11H20NO3Si+. The smallest absolute Gasteiger partial charge is 0.377 e. The molecule has 1 rings (SSSR count). The molecule has 5 heteroatoms. The van der Waals surface area contributed by atoms with Crippen LogP contribution >= 0.6 is 0 Å². The van der Waals surface area contributed by atoms with E-state index in [1.165, 1.54) is 5.69 Å². The van der Waals surface area contributed by atoms with Gasteiger partial charge < -0.3 is 13.3 Å². The standard InChI is InChI=1S/C11H20NO3Si/c1-11-7-5-6-8-12(11)9-10-16(13-2,14-3)15-4/h5-8H,9-10H2,1-4H3/q+1. The first-order chi connectivity index (χ1) is 7.67. The van der Waals surface area contributed by atoms with Gasteiger partial charge in [0.2, 0.25) is 0 Å². The van der Waals surface area contributed by atoms with E-state index in [-0.39, 0.29) is 0 Å². The molecule has 0 aliphatic rings. The SMILES string of the molecule is CO[Si](CC[n+]1ccccc1C)(OC)OC. The molecule has 0 spiro atoms. The van der Waals surface area contributed by atoms with E-state index in [0.29, 0.717) is 0 Å². The molecule has 0 atom stereocenters. The van der Waals surface area contributed by atoms with Crippen molar-refractivity contribution in [1.82, 2.24) is 0 Å². The minimum absolute atomic E-state index is 0.770. The highest BCUT2D eigenvalue weighted by Gasteiger charge is 2.39. The van der Waals surface area contributed by atoms with Crippen LogP contribution in [-0.2, 0) is 19.8 Å². The first-order valence-corrected chi connectivity index (χ1v) is 7.21. The van der Waals surface area contributed by atoms with Crippen molar-refractivity contribution in [3.8, 4) is 0 Å². The summed E-state index contributed by atoms with van der Waals surface area (Å²) in [5.74, 6) is 0. The predicted octanol–water partition coefficient (Wildman–Crippen LogP) is 1.16. The number of rotatable bonds is 6. The van der Waals surface area contributed by atoms with Gasteiger partial charge in [0.1, 0.15) is 0 Å². The average molecular weight is 242 g/mol. The highest BCUT2D eigenvalue weighted by atomic mass is 28.4. The maximum absolute atomic E-state index is 5.38. The highest BCUT2D eigenvalue weighted by molar-refractivity contribution is 6.60. The molecule has 0 bridgehead atoms. The summed E-state index contributed by atoms with van der Waals surface area (Å²) in [6, 6.07) is 6.89. The molecule has 0 unspecified atom stereocenters. The summed E-state index contributed by atoms with van der Waals surface area (Å²) in [6.07, 6.45) is 2.05. The average Bonchev–Trinajstić information content (AvgIpc) is 2.34. The van der Waals surface area contributed by atoms with E-state index >= 15 is 0 Å². The van der Waals surface area contributed by atoms with Gasteiger partial charge in [0, 0.05) is 40.4 Å². The zero-order chi connectivity index (χ0) is 12.0. The molecule has 4 nitrogen and oxygen atoms in total. The van der Waals surface area contributed by atoms with Crippen LogP contribution in [0, 0.1) is 6.92 Å². The first kappa shape index (κ1) is 13.3. The zero-order valence-electron chi connectivity index (χ0n) is 10.4. The second kappa shape index (κ2) is 6.10. The van der Waals surface area contributed by atoms with E-state index in [2.05, 4.69) is 23.8 Å². The molecule has 90 valence electrons. The van der Waals surface area contributed by atoms with Crippen molar-refractivity contribution >= 4 is 8.80 Å². The molecule has 0 aromatic carbocycles. The van der Waals surface area contributed by atoms with Crippen LogP contribution in [0.25, 0.3) is 0 Å². The van der Waals surface area contributed by atoms with Crippen LogP contribution in [-0.4, -0.2) is 30.1 Å². The molecule has 0 aliphatic heterocycles. The molecule has 1 heterocycles. The van der Waals surface area contributed by atoms with Crippen LogP contribution in [0.3, 0.4) is 0 Å². The van der Waals surface area contributed by atoms with Gasteiger partial charge in [-0.15, -0.1) is 0 Å². The van der Waals surface area contributed by atoms with Crippen molar-refractivity contribution in [3.05, 3.63) is 30.1 Å². The predicted molar refractivity (Wildman–Crippen MR) is 63.0 cm³/mol. The molecular weight excluding hydrogens is 222 g/mol. The summed E-state index contributed by atoms with van der Waals surface area (Å²) >= 11 is 0. The quantitative estimate of drug-likeness (QED) is 0.554. The van der Waals surface area contributed by atoms with Gasteiger partial charge in [-0.05, 0) is 0 Å². The van der Waals surface area contributed by atoms with Crippen molar-refractivity contribution in [2.45, 2.75) is 19.5 Å². The lowest BCUT2D eigenvalue weighted by molar-refractivity contribution is -0.699. The molecule has 0 radical (unpaired) electrons. The second-order valence-corrected chi connectivity index (χ2v) is 6.67. The summed E-state index contributed by atoms with van der Waals surface area (Å²) in [6.45, 7) is 2.92. The molecule has 0 aliphatic carbocycles. The van der Waals surface area contributed by atoms with E-state index in [9.17, 15) is 0 Å². The molecule has 0 fully saturated rings. The number of hydrogen-bond donors (Lipinski definition) is 0. The Hall–Kier alpha value is -0.753. The molecule has 0 saturated heterocycles. The largest absolute Gasteiger partial charge is 0.506 e. The Morgan fingerprint density at radius 3 is 2.25 bits per heavy atom. The van der Waals surface area contributed by atoms with Crippen molar-refractivity contribution in [2.75, 3.05) is 21.3 Å². The lowest BCUT2D eigenvalue weighted by Gasteiger charge is -2.22. The highest BCUT2D eigenvalue weighted by Crippen LogP contribution is 2.12. The van der Waals surface area contributed by atoms with E-state index in [4.69, 9.17) is 13.3 Å². The number of aryl methyl sites for hydroxylation is 2. The summed E-state index contributed by atoms with van der Waals surface area (Å²) in [5, 5.41) is 0. The lowest BCUT2D eigenvalue weighted by Crippen LogP contribution is -2.48. The fourth-order valence-corrected chi connectivity index (χ4v) is 3.25. The van der Waals surface area contributed by atoms with Gasteiger partial charge >= 0.3 is 8.80 Å². The van der Waals surface area contributed by atoms with Gasteiger partial charge in [0.15, 0.2) is 18.4 Å². The van der Waals surface area contributed by atoms with Gasteiger partial charge in [-0.3, -0.25) is 0 Å². The minimum Gasteiger partial charge on any atom is -0.377 e. The normalized spacial score (nSPS) is 11.8. The van der Waals surface area contributed by atoms with Gasteiger partial charge in [-0.25, -0.2) is 4.57 Å². The lowest BCUT2D eigenvalue weighted by atomic mass is 10.3. The molecule has 16 heavy (non-hydrogen) atoms. The maximum atomic E-state index is 5.38. The Morgan fingerprint density at radius 1 is 1.12 bits per heavy atom. The van der Waals surface area contributed by atoms with Crippen LogP contribution in [0.5, 0.6) is 0 Å². The van der Waals surface area contributed by atoms with Crippen molar-refractivity contribution in [1.29, 1.82) is 0 Å². The molecule has 1 aromatic heterocycles. The van der Waals surface area contributed by atoms with Crippen LogP contribution in [0.1, 0.15) is 5.69 Å². The zero-order valence-corrected chi connectivity index (χ0v) is 11.4. The minimum atomic E-state index is -2.44. The van der Waals surface area contributed by atoms with Gasteiger partial charge in [-0.1, -0.05) is 6.07 Å². The number of aromatic nitrogens is 1. The summed E-state index contributed by atoms with van der Waals surface area (Å²) < 4.78 is 18.3. The van der Waals surface area contributed by atoms with Crippen LogP contribution in [0.4, 0.5) is 0 Å². The van der Waals surface area contributed by atoms with Crippen molar-refractivity contribution < 1.29 is 17.8 Å². The van der Waals surface area contributed by atoms with Crippen LogP contribution in [0.15, 0.2) is 24.4 Å². The Balaban J connectivity index is 2.66. The van der Waals surface area contributed by atoms with Gasteiger partial charge in [0.05, 0.1) is 6.04 Å². The second-order valence-electron chi connectivity index (χ2n) is 3.58. The Bertz CT molecular complexity index is 320. The van der Waals surface area contributed by atoms with Crippen LogP contribution < -0.4 is 4.57 Å². The third-order valence-corrected chi connectivity index (χ3v) is 5.46. The van der Waals surface area contributed by atoms with E-state index < -0.39 is 8.80 Å². The van der Waals surface area contributed by atoms with Crippen LogP contribution in [0.2, 0.25) is 6.04 Å². The van der Waals surface area contributed by atoms with Gasteiger partial charge in [-0.2, -0.15) is 0 Å². The number of nitrogens with zero attached hydrogens (tertiary/aromatic N) is 1. The topological polar surface area (TPSA) is 31.6 Å². The maximum Gasteiger partial charge on any atom is 0.506 e. The Kier molecular flexibility index (Phi) is 5.07. The van der Waals surface area contributed by atoms with E-state index in [1.54, 1.807) is 21.3 Å². The summed E-state index contributed by atoms with van der Waals surface area (Å²) in [7, 11) is 2.48. The number of hydrogen-bond acceptors (Lipinski definition) is 3.